The van der Waals surface area contributed by atoms with Crippen LogP contribution in [0.4, 0.5) is 0 Å². The van der Waals surface area contributed by atoms with Gasteiger partial charge in [-0.05, 0) is 43.6 Å². The fraction of sp³-hybridized carbons (Fsp3) is 0.579. The number of ether oxygens (including phenoxy) is 3. The summed E-state index contributed by atoms with van der Waals surface area (Å²) in [6.07, 6.45) is 6.42. The first-order valence-electron chi connectivity index (χ1n) is 8.55. The maximum atomic E-state index is 12.3. The minimum atomic E-state index is -0.753. The van der Waals surface area contributed by atoms with Gasteiger partial charge < -0.3 is 14.2 Å². The van der Waals surface area contributed by atoms with Crippen molar-refractivity contribution in [3.8, 4) is 0 Å². The summed E-state index contributed by atoms with van der Waals surface area (Å²) in [5, 5.41) is 0. The topological polar surface area (TPSA) is 61.8 Å². The Morgan fingerprint density at radius 2 is 2.04 bits per heavy atom. The Morgan fingerprint density at radius 1 is 1.25 bits per heavy atom. The summed E-state index contributed by atoms with van der Waals surface area (Å²) in [5.74, 6) is -0.671. The molecule has 0 radical (unpaired) electrons. The molecule has 4 rings (SSSR count). The van der Waals surface area contributed by atoms with Crippen LogP contribution in [-0.2, 0) is 23.8 Å². The van der Waals surface area contributed by atoms with Gasteiger partial charge in [-0.15, -0.1) is 0 Å². The minimum Gasteiger partial charge on any atom is -0.458 e. The van der Waals surface area contributed by atoms with E-state index in [1.807, 2.05) is 0 Å². The second kappa shape index (κ2) is 5.23. The number of esters is 2. The largest absolute Gasteiger partial charge is 0.458 e. The second-order valence-electron chi connectivity index (χ2n) is 7.72. The van der Waals surface area contributed by atoms with Gasteiger partial charge in [0.25, 0.3) is 6.29 Å². The van der Waals surface area contributed by atoms with Gasteiger partial charge >= 0.3 is 11.9 Å². The van der Waals surface area contributed by atoms with Crippen molar-refractivity contribution in [3.63, 3.8) is 0 Å². The molecule has 0 unspecified atom stereocenters. The molecule has 0 N–H and O–H groups in total. The first-order chi connectivity index (χ1) is 11.4. The van der Waals surface area contributed by atoms with Crippen molar-refractivity contribution in [1.29, 1.82) is 0 Å². The van der Waals surface area contributed by atoms with E-state index < -0.39 is 6.29 Å². The number of allylic oxidation sites excluding steroid dienone is 1. The molecule has 0 saturated carbocycles. The molecule has 0 aromatic rings. The molecular formula is C19H22O5. The van der Waals surface area contributed by atoms with E-state index in [0.29, 0.717) is 11.1 Å². The van der Waals surface area contributed by atoms with Gasteiger partial charge in [0, 0.05) is 17.6 Å². The zero-order valence-electron chi connectivity index (χ0n) is 14.3. The van der Waals surface area contributed by atoms with Gasteiger partial charge in [0.2, 0.25) is 0 Å². The Morgan fingerprint density at radius 3 is 2.75 bits per heavy atom. The molecule has 2 aliphatic carbocycles. The van der Waals surface area contributed by atoms with E-state index in [2.05, 4.69) is 13.8 Å². The van der Waals surface area contributed by atoms with Gasteiger partial charge in [0.15, 0.2) is 0 Å². The summed E-state index contributed by atoms with van der Waals surface area (Å²) in [6, 6.07) is 0. The normalized spacial score (nSPS) is 35.5. The second-order valence-corrected chi connectivity index (χ2v) is 7.72. The number of hydrogen-bond donors (Lipinski definition) is 0. The lowest BCUT2D eigenvalue weighted by Gasteiger charge is -2.34. The lowest BCUT2D eigenvalue weighted by atomic mass is 9.72. The van der Waals surface area contributed by atoms with E-state index in [4.69, 9.17) is 14.2 Å². The molecule has 5 nitrogen and oxygen atoms in total. The van der Waals surface area contributed by atoms with Gasteiger partial charge in [-0.2, -0.15) is 0 Å². The molecule has 128 valence electrons. The first kappa shape index (κ1) is 15.5. The van der Waals surface area contributed by atoms with E-state index in [1.54, 1.807) is 13.0 Å². The highest BCUT2D eigenvalue weighted by Crippen LogP contribution is 2.54. The molecular weight excluding hydrogens is 308 g/mol. The van der Waals surface area contributed by atoms with Gasteiger partial charge in [-0.1, -0.05) is 19.4 Å². The van der Waals surface area contributed by atoms with Crippen molar-refractivity contribution in [2.45, 2.75) is 58.8 Å². The third-order valence-electron chi connectivity index (χ3n) is 5.64. The van der Waals surface area contributed by atoms with Gasteiger partial charge in [0.05, 0.1) is 11.8 Å². The van der Waals surface area contributed by atoms with Crippen molar-refractivity contribution in [2.24, 2.45) is 11.3 Å². The minimum absolute atomic E-state index is 0.0297. The number of fused-ring (bicyclic) bond motifs is 2. The Balaban J connectivity index is 1.55. The van der Waals surface area contributed by atoms with Crippen LogP contribution >= 0.6 is 0 Å². The van der Waals surface area contributed by atoms with Crippen LogP contribution in [0.1, 0.15) is 46.5 Å². The van der Waals surface area contributed by atoms with E-state index in [9.17, 15) is 9.59 Å². The van der Waals surface area contributed by atoms with Crippen LogP contribution in [0.3, 0.4) is 0 Å². The molecule has 5 heteroatoms. The number of carbonyl (C=O) groups is 2. The molecule has 1 saturated heterocycles. The van der Waals surface area contributed by atoms with Gasteiger partial charge in [-0.25, -0.2) is 9.59 Å². The zero-order valence-corrected chi connectivity index (χ0v) is 14.3. The summed E-state index contributed by atoms with van der Waals surface area (Å²) in [7, 11) is 0. The number of carbonyl (C=O) groups excluding carboxylic acids is 2. The van der Waals surface area contributed by atoms with Crippen LogP contribution in [0.15, 0.2) is 34.6 Å². The summed E-state index contributed by atoms with van der Waals surface area (Å²) in [4.78, 5) is 23.7. The molecule has 2 heterocycles. The van der Waals surface area contributed by atoms with Crippen molar-refractivity contribution in [3.05, 3.63) is 34.6 Å². The van der Waals surface area contributed by atoms with Crippen molar-refractivity contribution in [1.82, 2.24) is 0 Å². The molecule has 24 heavy (non-hydrogen) atoms. The molecule has 0 spiro atoms. The fourth-order valence-electron chi connectivity index (χ4n) is 4.46. The smallest absolute Gasteiger partial charge is 0.338 e. The predicted octanol–water partition coefficient (Wildman–Crippen LogP) is 3.17. The lowest BCUT2D eigenvalue weighted by Crippen LogP contribution is -2.27. The van der Waals surface area contributed by atoms with E-state index in [-0.39, 0.29) is 29.4 Å². The van der Waals surface area contributed by atoms with Crippen LogP contribution < -0.4 is 0 Å². The summed E-state index contributed by atoms with van der Waals surface area (Å²) >= 11 is 0. The Bertz CT molecular complexity index is 709. The number of hydrogen-bond acceptors (Lipinski definition) is 5. The standard InChI is InChI=1S/C19H22O5/c1-10-7-14(23-17(10)20)22-9-13-12-8-11-5-4-6-19(2,3)15(11)16(12)24-18(13)21/h7,9,12,14,16H,4-6,8H2,1-3H3/b13-9-/t12-,14-,16+/m1/s1. The van der Waals surface area contributed by atoms with Crippen molar-refractivity contribution in [2.75, 3.05) is 0 Å². The Hall–Kier alpha value is -2.04. The van der Waals surface area contributed by atoms with E-state index in [1.165, 1.54) is 23.8 Å². The summed E-state index contributed by atoms with van der Waals surface area (Å²) in [6.45, 7) is 6.15. The third-order valence-corrected chi connectivity index (χ3v) is 5.64. The first-order valence-corrected chi connectivity index (χ1v) is 8.55. The maximum absolute atomic E-state index is 12.3. The summed E-state index contributed by atoms with van der Waals surface area (Å²) in [5.41, 5.74) is 3.93. The van der Waals surface area contributed by atoms with Crippen molar-refractivity contribution < 1.29 is 23.8 Å². The van der Waals surface area contributed by atoms with Crippen LogP contribution in [0.5, 0.6) is 0 Å². The lowest BCUT2D eigenvalue weighted by molar-refractivity contribution is -0.152. The molecule has 0 bridgehead atoms. The highest BCUT2D eigenvalue weighted by atomic mass is 16.7. The highest BCUT2D eigenvalue weighted by Gasteiger charge is 2.52. The van der Waals surface area contributed by atoms with Crippen molar-refractivity contribution >= 4 is 11.9 Å². The molecule has 0 aromatic heterocycles. The highest BCUT2D eigenvalue weighted by molar-refractivity contribution is 5.92. The number of rotatable bonds is 2. The predicted molar refractivity (Wildman–Crippen MR) is 85.5 cm³/mol. The third kappa shape index (κ3) is 2.29. The van der Waals surface area contributed by atoms with Crippen LogP contribution in [0, 0.1) is 11.3 Å². The number of cyclic esters (lactones) is 1. The van der Waals surface area contributed by atoms with Gasteiger partial charge in [0.1, 0.15) is 6.10 Å². The average Bonchev–Trinajstić information content (AvgIpc) is 3.10. The SMILES string of the molecule is CC1=C[C@H](O/C=C2\C(=O)O[C@@H]3C4=C(CCCC4(C)C)C[C@H]23)OC1=O. The molecule has 3 atom stereocenters. The Kier molecular flexibility index (Phi) is 3.37. The molecule has 4 aliphatic rings. The molecule has 1 fully saturated rings. The van der Waals surface area contributed by atoms with E-state index in [0.717, 1.165) is 19.3 Å². The molecule has 2 aliphatic heterocycles. The van der Waals surface area contributed by atoms with E-state index >= 15 is 0 Å². The quantitative estimate of drug-likeness (QED) is 0.337. The monoisotopic (exact) mass is 330 g/mol. The zero-order chi connectivity index (χ0) is 17.1. The maximum Gasteiger partial charge on any atom is 0.338 e. The summed E-state index contributed by atoms with van der Waals surface area (Å²) < 4.78 is 16.2. The molecule has 0 amide bonds. The average molecular weight is 330 g/mol. The fourth-order valence-corrected chi connectivity index (χ4v) is 4.46. The molecule has 0 aromatic carbocycles. The van der Waals surface area contributed by atoms with Crippen LogP contribution in [0.2, 0.25) is 0 Å². The Labute approximate surface area is 141 Å². The van der Waals surface area contributed by atoms with Crippen LogP contribution in [-0.4, -0.2) is 24.3 Å². The van der Waals surface area contributed by atoms with Crippen LogP contribution in [0.25, 0.3) is 0 Å². The van der Waals surface area contributed by atoms with Gasteiger partial charge in [-0.3, -0.25) is 0 Å².